The van der Waals surface area contributed by atoms with Crippen molar-refractivity contribution in [3.8, 4) is 0 Å². The van der Waals surface area contributed by atoms with Gasteiger partial charge in [-0.2, -0.15) is 0 Å². The van der Waals surface area contributed by atoms with Crippen molar-refractivity contribution < 1.29 is 8.42 Å². The summed E-state index contributed by atoms with van der Waals surface area (Å²) >= 11 is 0. The summed E-state index contributed by atoms with van der Waals surface area (Å²) in [4.78, 5) is 0.494. The summed E-state index contributed by atoms with van der Waals surface area (Å²) in [6, 6.07) is 0. The average Bonchev–Trinajstić information content (AvgIpc) is 2.24. The van der Waals surface area contributed by atoms with Crippen molar-refractivity contribution in [2.75, 3.05) is 0 Å². The van der Waals surface area contributed by atoms with E-state index in [0.29, 0.717) is 4.91 Å². The highest BCUT2D eigenvalue weighted by molar-refractivity contribution is 7.93. The Morgan fingerprint density at radius 2 is 2.27 bits per heavy atom. The maximum absolute atomic E-state index is 11.8. The minimum absolute atomic E-state index is 0.0185. The number of hydrogen-bond donors (Lipinski definition) is 1. The molecule has 3 rings (SSSR count). The number of hydrogen-bond acceptors (Lipinski definition) is 2. The van der Waals surface area contributed by atoms with Crippen molar-refractivity contribution in [1.29, 1.82) is 0 Å². The Balaban J connectivity index is 2.26. The van der Waals surface area contributed by atoms with Crippen LogP contribution in [0.1, 0.15) is 12.8 Å². The molecule has 0 spiro atoms. The quantitative estimate of drug-likeness (QED) is 0.675. The van der Waals surface area contributed by atoms with Crippen LogP contribution in [0.15, 0.2) is 46.6 Å². The van der Waals surface area contributed by atoms with Crippen molar-refractivity contribution in [2.24, 2.45) is 5.92 Å². The van der Waals surface area contributed by atoms with E-state index in [1.54, 1.807) is 12.3 Å². The van der Waals surface area contributed by atoms with Crippen LogP contribution in [0.3, 0.4) is 0 Å². The summed E-state index contributed by atoms with van der Waals surface area (Å²) < 4.78 is 26.0. The summed E-state index contributed by atoms with van der Waals surface area (Å²) in [5.41, 5.74) is 2.30. The number of allylic oxidation sites excluding steroid dienone is 7. The van der Waals surface area contributed by atoms with Crippen LogP contribution in [0.4, 0.5) is 0 Å². The minimum atomic E-state index is -3.28. The zero-order chi connectivity index (χ0) is 10.5. The molecule has 1 unspecified atom stereocenters. The van der Waals surface area contributed by atoms with Gasteiger partial charge in [-0.25, -0.2) is 8.42 Å². The summed E-state index contributed by atoms with van der Waals surface area (Å²) in [5, 5.41) is 0. The first kappa shape index (κ1) is 8.97. The molecule has 78 valence electrons. The number of nitrogens with one attached hydrogen (secondary N) is 1. The van der Waals surface area contributed by atoms with Crippen molar-refractivity contribution >= 4 is 10.0 Å². The Morgan fingerprint density at radius 1 is 1.40 bits per heavy atom. The minimum Gasteiger partial charge on any atom is -0.287 e. The van der Waals surface area contributed by atoms with E-state index in [4.69, 9.17) is 0 Å². The van der Waals surface area contributed by atoms with Gasteiger partial charge in [-0.3, -0.25) is 4.72 Å². The van der Waals surface area contributed by atoms with E-state index in [9.17, 15) is 8.42 Å². The standard InChI is InChI=1S/C11H11NO2S/c13-15(14)10-6-2-4-8-3-1-5-9(7-12-15)11(8)10/h2-4,6-7,11-12H,1,5H2. The lowest BCUT2D eigenvalue weighted by Crippen LogP contribution is -2.33. The van der Waals surface area contributed by atoms with Crippen molar-refractivity contribution in [3.05, 3.63) is 46.6 Å². The van der Waals surface area contributed by atoms with Gasteiger partial charge in [0.05, 0.1) is 4.91 Å². The molecule has 0 aromatic rings. The molecule has 0 fully saturated rings. The molecule has 1 heterocycles. The van der Waals surface area contributed by atoms with Gasteiger partial charge in [-0.1, -0.05) is 18.2 Å². The molecule has 1 atom stereocenters. The summed E-state index contributed by atoms with van der Waals surface area (Å²) in [6.07, 6.45) is 11.2. The van der Waals surface area contributed by atoms with Gasteiger partial charge in [0.15, 0.2) is 0 Å². The third-order valence-corrected chi connectivity index (χ3v) is 4.48. The van der Waals surface area contributed by atoms with Gasteiger partial charge >= 0.3 is 0 Å². The molecule has 0 saturated carbocycles. The summed E-state index contributed by atoms with van der Waals surface area (Å²) in [5.74, 6) is -0.0185. The molecule has 1 aliphatic heterocycles. The van der Waals surface area contributed by atoms with E-state index in [1.165, 1.54) is 5.57 Å². The summed E-state index contributed by atoms with van der Waals surface area (Å²) in [6.45, 7) is 0. The van der Waals surface area contributed by atoms with Gasteiger partial charge in [0.2, 0.25) is 0 Å². The smallest absolute Gasteiger partial charge is 0.258 e. The molecule has 3 nitrogen and oxygen atoms in total. The highest BCUT2D eigenvalue weighted by atomic mass is 32.2. The lowest BCUT2D eigenvalue weighted by Gasteiger charge is -2.32. The molecular formula is C11H11NO2S. The van der Waals surface area contributed by atoms with Crippen LogP contribution in [0, 0.1) is 5.92 Å². The molecule has 1 N–H and O–H groups in total. The molecule has 15 heavy (non-hydrogen) atoms. The van der Waals surface area contributed by atoms with Crippen LogP contribution >= 0.6 is 0 Å². The summed E-state index contributed by atoms with van der Waals surface area (Å²) in [7, 11) is -3.28. The lowest BCUT2D eigenvalue weighted by molar-refractivity contribution is 0.584. The zero-order valence-corrected chi connectivity index (χ0v) is 8.92. The Labute approximate surface area is 88.9 Å². The maximum Gasteiger partial charge on any atom is 0.258 e. The van der Waals surface area contributed by atoms with E-state index < -0.39 is 10.0 Å². The molecule has 0 bridgehead atoms. The third kappa shape index (κ3) is 1.21. The van der Waals surface area contributed by atoms with E-state index >= 15 is 0 Å². The molecule has 4 heteroatoms. The maximum atomic E-state index is 11.8. The molecule has 0 radical (unpaired) electrons. The second-order valence-corrected chi connectivity index (χ2v) is 5.66. The van der Waals surface area contributed by atoms with Gasteiger partial charge in [-0.15, -0.1) is 0 Å². The second-order valence-electron chi connectivity index (χ2n) is 3.94. The molecule has 0 saturated heterocycles. The largest absolute Gasteiger partial charge is 0.287 e. The van der Waals surface area contributed by atoms with Crippen LogP contribution in [0.25, 0.3) is 0 Å². The predicted molar refractivity (Wildman–Crippen MR) is 58.2 cm³/mol. The average molecular weight is 221 g/mol. The molecule has 0 amide bonds. The van der Waals surface area contributed by atoms with Gasteiger partial charge in [0.1, 0.15) is 0 Å². The van der Waals surface area contributed by atoms with E-state index in [0.717, 1.165) is 18.4 Å². The molecule has 0 aromatic carbocycles. The van der Waals surface area contributed by atoms with Crippen molar-refractivity contribution in [1.82, 2.24) is 4.72 Å². The Hall–Kier alpha value is -1.29. The topological polar surface area (TPSA) is 46.2 Å². The van der Waals surface area contributed by atoms with Crippen LogP contribution in [0.5, 0.6) is 0 Å². The Kier molecular flexibility index (Phi) is 1.71. The zero-order valence-electron chi connectivity index (χ0n) is 8.10. The van der Waals surface area contributed by atoms with Crippen molar-refractivity contribution in [2.45, 2.75) is 12.8 Å². The highest BCUT2D eigenvalue weighted by Crippen LogP contribution is 2.41. The number of rotatable bonds is 0. The lowest BCUT2D eigenvalue weighted by atomic mass is 9.81. The molecule has 0 aromatic heterocycles. The van der Waals surface area contributed by atoms with Gasteiger partial charge in [0, 0.05) is 12.1 Å². The van der Waals surface area contributed by atoms with Crippen LogP contribution < -0.4 is 4.72 Å². The first-order valence-electron chi connectivity index (χ1n) is 4.98. The predicted octanol–water partition coefficient (Wildman–Crippen LogP) is 1.59. The van der Waals surface area contributed by atoms with E-state index in [2.05, 4.69) is 10.8 Å². The fraction of sp³-hybridized carbons (Fsp3) is 0.273. The fourth-order valence-corrected chi connectivity index (χ4v) is 3.66. The molecular weight excluding hydrogens is 210 g/mol. The van der Waals surface area contributed by atoms with Gasteiger partial charge < -0.3 is 0 Å². The SMILES string of the molecule is O=S1(=O)NC=C2CCC=C3C=CC=C1C32. The van der Waals surface area contributed by atoms with Crippen molar-refractivity contribution in [3.63, 3.8) is 0 Å². The normalized spacial score (nSPS) is 30.7. The third-order valence-electron chi connectivity index (χ3n) is 3.06. The van der Waals surface area contributed by atoms with Gasteiger partial charge in [-0.05, 0) is 30.1 Å². The Morgan fingerprint density at radius 3 is 3.13 bits per heavy atom. The van der Waals surface area contributed by atoms with E-state index in [-0.39, 0.29) is 5.92 Å². The Bertz CT molecular complexity index is 535. The fourth-order valence-electron chi connectivity index (χ4n) is 2.36. The van der Waals surface area contributed by atoms with Crippen LogP contribution in [-0.4, -0.2) is 8.42 Å². The molecule has 3 aliphatic rings. The first-order valence-corrected chi connectivity index (χ1v) is 6.46. The second kappa shape index (κ2) is 2.85. The number of sulfonamides is 1. The highest BCUT2D eigenvalue weighted by Gasteiger charge is 2.36. The van der Waals surface area contributed by atoms with Gasteiger partial charge in [0.25, 0.3) is 10.0 Å². The van der Waals surface area contributed by atoms with Crippen LogP contribution in [0.2, 0.25) is 0 Å². The molecule has 2 aliphatic carbocycles. The first-order chi connectivity index (χ1) is 7.18. The monoisotopic (exact) mass is 221 g/mol. The van der Waals surface area contributed by atoms with E-state index in [1.807, 2.05) is 12.2 Å². The van der Waals surface area contributed by atoms with Crippen LogP contribution in [-0.2, 0) is 10.0 Å².